The van der Waals surface area contributed by atoms with Gasteiger partial charge in [0.15, 0.2) is 0 Å². The minimum Gasteiger partial charge on any atom is -0.397 e. The van der Waals surface area contributed by atoms with E-state index in [1.807, 2.05) is 12.1 Å². The Morgan fingerprint density at radius 3 is 2.12 bits per heavy atom. The molecule has 2 bridgehead atoms. The van der Waals surface area contributed by atoms with E-state index >= 15 is 0 Å². The van der Waals surface area contributed by atoms with E-state index < -0.39 is 7.12 Å². The van der Waals surface area contributed by atoms with Crippen LogP contribution in [0.25, 0.3) is 0 Å². The number of fused-ring (bicyclic) bond motifs is 5. The summed E-state index contributed by atoms with van der Waals surface area (Å²) in [6.45, 7) is 4.39. The number of aryl methyl sites for hydroxylation is 1. The lowest BCUT2D eigenvalue weighted by atomic mass is 9.70. The quantitative estimate of drug-likeness (QED) is 0.338. The van der Waals surface area contributed by atoms with E-state index in [-0.39, 0.29) is 23.9 Å². The molecule has 166 valence electrons. The van der Waals surface area contributed by atoms with Crippen molar-refractivity contribution in [1.29, 1.82) is 0 Å². The zero-order chi connectivity index (χ0) is 22.4. The molecule has 0 N–H and O–H groups in total. The first-order valence-corrected chi connectivity index (χ1v) is 12.1. The Morgan fingerprint density at radius 1 is 0.879 bits per heavy atom. The van der Waals surface area contributed by atoms with Crippen molar-refractivity contribution in [2.24, 2.45) is 0 Å². The van der Waals surface area contributed by atoms with Gasteiger partial charge in [-0.2, -0.15) is 0 Å². The fourth-order valence-corrected chi connectivity index (χ4v) is 5.64. The van der Waals surface area contributed by atoms with Crippen molar-refractivity contribution in [2.75, 3.05) is 0 Å². The summed E-state index contributed by atoms with van der Waals surface area (Å²) in [6, 6.07) is 25.4. The average molecular weight is 436 g/mol. The first kappa shape index (κ1) is 20.9. The van der Waals surface area contributed by atoms with Crippen LogP contribution >= 0.6 is 0 Å². The summed E-state index contributed by atoms with van der Waals surface area (Å²) in [6.07, 6.45) is 7.44. The Hall–Kier alpha value is -2.66. The molecule has 3 aliphatic rings. The Labute approximate surface area is 196 Å². The highest BCUT2D eigenvalue weighted by molar-refractivity contribution is 6.62. The average Bonchev–Trinajstić information content (AvgIpc) is 3.56. The third-order valence-electron chi connectivity index (χ3n) is 7.20. The maximum atomic E-state index is 6.70. The smallest absolute Gasteiger partial charge is 0.397 e. The highest BCUT2D eigenvalue weighted by Crippen LogP contribution is 2.53. The number of hydrogen-bond acceptors (Lipinski definition) is 3. The molecule has 3 aromatic rings. The first-order valence-electron chi connectivity index (χ1n) is 12.1. The number of unbranched alkanes of at least 4 members (excludes halogenated alkanes) is 1. The van der Waals surface area contributed by atoms with Gasteiger partial charge in [-0.15, -0.1) is 0 Å². The lowest BCUT2D eigenvalue weighted by Gasteiger charge is -2.25. The number of ether oxygens (including phenoxy) is 1. The second-order valence-electron chi connectivity index (χ2n) is 9.47. The van der Waals surface area contributed by atoms with Gasteiger partial charge in [-0.05, 0) is 47.1 Å². The van der Waals surface area contributed by atoms with E-state index in [1.165, 1.54) is 16.7 Å². The van der Waals surface area contributed by atoms with Crippen LogP contribution in [0, 0.1) is 6.92 Å². The molecule has 3 nitrogen and oxygen atoms in total. The zero-order valence-corrected chi connectivity index (χ0v) is 19.2. The Balaban J connectivity index is 1.41. The normalized spacial score (nSPS) is 27.3. The van der Waals surface area contributed by atoms with Gasteiger partial charge < -0.3 is 14.0 Å². The minimum atomic E-state index is -0.436. The molecule has 0 spiro atoms. The van der Waals surface area contributed by atoms with Crippen LogP contribution < -0.4 is 5.46 Å². The molecule has 2 unspecified atom stereocenters. The van der Waals surface area contributed by atoms with Crippen molar-refractivity contribution in [2.45, 2.75) is 57.0 Å². The number of hydrogen-bond donors (Lipinski definition) is 0. The molecule has 3 heterocycles. The summed E-state index contributed by atoms with van der Waals surface area (Å²) in [5.41, 5.74) is 6.83. The molecule has 3 aliphatic heterocycles. The minimum absolute atomic E-state index is 0.0226. The van der Waals surface area contributed by atoms with Gasteiger partial charge in [0.2, 0.25) is 0 Å². The summed E-state index contributed by atoms with van der Waals surface area (Å²) in [5.74, 6) is 0. The van der Waals surface area contributed by atoms with Gasteiger partial charge in [-0.3, -0.25) is 0 Å². The van der Waals surface area contributed by atoms with Crippen LogP contribution in [0.2, 0.25) is 0 Å². The molecular formula is C29H29BO3. The summed E-state index contributed by atoms with van der Waals surface area (Å²) < 4.78 is 20.0. The highest BCUT2D eigenvalue weighted by Gasteiger charge is 2.51. The fraction of sp³-hybridized carbons (Fsp3) is 0.310. The highest BCUT2D eigenvalue weighted by atomic mass is 16.7. The lowest BCUT2D eigenvalue weighted by molar-refractivity contribution is -0.00987. The monoisotopic (exact) mass is 436 g/mol. The fourth-order valence-electron chi connectivity index (χ4n) is 5.64. The number of rotatable bonds is 6. The van der Waals surface area contributed by atoms with Gasteiger partial charge in [0, 0.05) is 0 Å². The van der Waals surface area contributed by atoms with E-state index in [4.69, 9.17) is 14.0 Å². The zero-order valence-electron chi connectivity index (χ0n) is 19.2. The summed E-state index contributed by atoms with van der Waals surface area (Å²) >= 11 is 0. The lowest BCUT2D eigenvalue weighted by Crippen LogP contribution is -2.36. The molecule has 0 saturated carbocycles. The summed E-state index contributed by atoms with van der Waals surface area (Å²) in [4.78, 5) is 0. The van der Waals surface area contributed by atoms with Gasteiger partial charge in [-0.25, -0.2) is 0 Å². The topological polar surface area (TPSA) is 27.7 Å². The summed E-state index contributed by atoms with van der Waals surface area (Å²) in [5, 5.41) is 0. The van der Waals surface area contributed by atoms with Crippen molar-refractivity contribution < 1.29 is 14.0 Å². The Morgan fingerprint density at radius 2 is 1.52 bits per heavy atom. The third kappa shape index (κ3) is 3.49. The maximum absolute atomic E-state index is 6.70. The number of benzene rings is 3. The van der Waals surface area contributed by atoms with Crippen LogP contribution in [0.5, 0.6) is 0 Å². The SMILES string of the molecule is CCCCC12C=CC(O1)c1c(B3O[C@H](c4ccccc4)[C@H](c4ccccc4)O3)cc(C)cc12. The summed E-state index contributed by atoms with van der Waals surface area (Å²) in [7, 11) is -0.436. The molecule has 0 aliphatic carbocycles. The van der Waals surface area contributed by atoms with Crippen LogP contribution in [-0.4, -0.2) is 7.12 Å². The van der Waals surface area contributed by atoms with Gasteiger partial charge in [-0.1, -0.05) is 104 Å². The van der Waals surface area contributed by atoms with Crippen molar-refractivity contribution in [3.63, 3.8) is 0 Å². The van der Waals surface area contributed by atoms with Gasteiger partial charge in [0.25, 0.3) is 0 Å². The van der Waals surface area contributed by atoms with Crippen LogP contribution in [0.1, 0.15) is 72.3 Å². The molecule has 4 atom stereocenters. The van der Waals surface area contributed by atoms with Crippen molar-refractivity contribution >= 4 is 12.6 Å². The van der Waals surface area contributed by atoms with E-state index in [9.17, 15) is 0 Å². The predicted molar refractivity (Wildman–Crippen MR) is 131 cm³/mol. The predicted octanol–water partition coefficient (Wildman–Crippen LogP) is 6.25. The molecule has 3 aromatic carbocycles. The van der Waals surface area contributed by atoms with E-state index in [0.717, 1.165) is 35.9 Å². The second-order valence-corrected chi connectivity index (χ2v) is 9.47. The molecule has 0 radical (unpaired) electrons. The van der Waals surface area contributed by atoms with Crippen molar-refractivity contribution in [1.82, 2.24) is 0 Å². The Kier molecular flexibility index (Phi) is 5.25. The maximum Gasteiger partial charge on any atom is 0.495 e. The van der Waals surface area contributed by atoms with Crippen LogP contribution in [-0.2, 0) is 19.6 Å². The largest absolute Gasteiger partial charge is 0.495 e. The van der Waals surface area contributed by atoms with Gasteiger partial charge in [0.05, 0.1) is 12.2 Å². The molecule has 0 aromatic heterocycles. The van der Waals surface area contributed by atoms with Gasteiger partial charge in [0.1, 0.15) is 11.7 Å². The second kappa shape index (κ2) is 8.29. The Bertz CT molecular complexity index is 1130. The van der Waals surface area contributed by atoms with Gasteiger partial charge >= 0.3 is 7.12 Å². The van der Waals surface area contributed by atoms with Crippen LogP contribution in [0.15, 0.2) is 84.9 Å². The first-order chi connectivity index (χ1) is 16.2. The molecule has 0 amide bonds. The van der Waals surface area contributed by atoms with Crippen LogP contribution in [0.3, 0.4) is 0 Å². The van der Waals surface area contributed by atoms with E-state index in [2.05, 4.69) is 86.7 Å². The van der Waals surface area contributed by atoms with Crippen molar-refractivity contribution in [3.8, 4) is 0 Å². The van der Waals surface area contributed by atoms with E-state index in [1.54, 1.807) is 0 Å². The molecule has 6 rings (SSSR count). The van der Waals surface area contributed by atoms with Crippen molar-refractivity contribution in [3.05, 3.63) is 113 Å². The standard InChI is InChI=1S/C29H29BO3/c1-3-4-16-29-17-15-25(31-29)26-23(29)18-20(2)19-24(26)30-32-27(21-11-7-5-8-12-21)28(33-30)22-13-9-6-10-14-22/h5-15,17-19,25,27-28H,3-4,16H2,1-2H3/t25?,27-,28+,29?. The molecule has 33 heavy (non-hydrogen) atoms. The van der Waals surface area contributed by atoms with Crippen LogP contribution in [0.4, 0.5) is 0 Å². The molecule has 1 fully saturated rings. The molecule has 1 saturated heterocycles. The van der Waals surface area contributed by atoms with E-state index in [0.29, 0.717) is 0 Å². The third-order valence-corrected chi connectivity index (χ3v) is 7.20. The molecular weight excluding hydrogens is 407 g/mol. The molecule has 4 heteroatoms.